The van der Waals surface area contributed by atoms with E-state index in [2.05, 4.69) is 15.5 Å². The average molecular weight is 328 g/mol. The third-order valence-electron chi connectivity index (χ3n) is 3.02. The van der Waals surface area contributed by atoms with E-state index in [1.165, 1.54) is 12.1 Å². The smallest absolute Gasteiger partial charge is 0.314 e. The van der Waals surface area contributed by atoms with Crippen LogP contribution >= 0.6 is 0 Å². The number of amides is 2. The van der Waals surface area contributed by atoms with Gasteiger partial charge in [-0.05, 0) is 51.2 Å². The molecule has 0 aliphatic carbocycles. The van der Waals surface area contributed by atoms with E-state index < -0.39 is 10.0 Å². The van der Waals surface area contributed by atoms with Crippen LogP contribution < -0.4 is 15.8 Å². The molecular formula is C14H24N4O3S. The standard InChI is InChI=1S/C14H24N4O3S/c1-18(2)11-3-9-16-14(19)17-10-8-12-4-6-13(7-5-12)22(15,20)21/h4-7H,3,8-11H2,1-2H3,(H2,15,20,21)(H2,16,17,19). The topological polar surface area (TPSA) is 105 Å². The van der Waals surface area contributed by atoms with E-state index in [1.807, 2.05) is 14.1 Å². The van der Waals surface area contributed by atoms with Crippen molar-refractivity contribution in [3.8, 4) is 0 Å². The lowest BCUT2D eigenvalue weighted by Crippen LogP contribution is -2.37. The zero-order valence-corrected chi connectivity index (χ0v) is 13.8. The van der Waals surface area contributed by atoms with Gasteiger partial charge in [0.05, 0.1) is 4.90 Å². The molecule has 7 nitrogen and oxygen atoms in total. The number of nitrogens with one attached hydrogen (secondary N) is 2. The normalized spacial score (nSPS) is 11.5. The van der Waals surface area contributed by atoms with Crippen molar-refractivity contribution in [2.45, 2.75) is 17.7 Å². The number of hydrogen-bond acceptors (Lipinski definition) is 4. The van der Waals surface area contributed by atoms with Gasteiger partial charge in [-0.3, -0.25) is 0 Å². The van der Waals surface area contributed by atoms with Crippen LogP contribution in [-0.4, -0.2) is 53.1 Å². The Morgan fingerprint density at radius 3 is 2.27 bits per heavy atom. The Balaban J connectivity index is 2.25. The summed E-state index contributed by atoms with van der Waals surface area (Å²) in [6, 6.07) is 6.12. The Hall–Kier alpha value is -1.64. The molecule has 1 aromatic rings. The van der Waals surface area contributed by atoms with Gasteiger partial charge in [0.25, 0.3) is 0 Å². The summed E-state index contributed by atoms with van der Waals surface area (Å²) < 4.78 is 22.2. The number of sulfonamides is 1. The van der Waals surface area contributed by atoms with Crippen LogP contribution in [0, 0.1) is 0 Å². The highest BCUT2D eigenvalue weighted by Crippen LogP contribution is 2.08. The fourth-order valence-corrected chi connectivity index (χ4v) is 2.34. The molecule has 0 unspecified atom stereocenters. The summed E-state index contributed by atoms with van der Waals surface area (Å²) in [4.78, 5) is 13.7. The largest absolute Gasteiger partial charge is 0.338 e. The zero-order valence-electron chi connectivity index (χ0n) is 13.0. The van der Waals surface area contributed by atoms with Gasteiger partial charge >= 0.3 is 6.03 Å². The Bertz CT molecular complexity index is 570. The van der Waals surface area contributed by atoms with Gasteiger partial charge in [-0.25, -0.2) is 18.4 Å². The molecule has 0 fully saturated rings. The summed E-state index contributed by atoms with van der Waals surface area (Å²) in [7, 11) is 0.319. The van der Waals surface area contributed by atoms with Gasteiger partial charge in [0.1, 0.15) is 0 Å². The van der Waals surface area contributed by atoms with Crippen LogP contribution in [0.25, 0.3) is 0 Å². The van der Waals surface area contributed by atoms with E-state index in [0.717, 1.165) is 18.5 Å². The Labute approximate surface area is 131 Å². The van der Waals surface area contributed by atoms with Crippen molar-refractivity contribution in [2.75, 3.05) is 33.7 Å². The summed E-state index contributed by atoms with van der Waals surface area (Å²) >= 11 is 0. The number of hydrogen-bond donors (Lipinski definition) is 3. The van der Waals surface area contributed by atoms with Crippen molar-refractivity contribution in [1.29, 1.82) is 0 Å². The van der Waals surface area contributed by atoms with Crippen molar-refractivity contribution < 1.29 is 13.2 Å². The monoisotopic (exact) mass is 328 g/mol. The number of urea groups is 1. The van der Waals surface area contributed by atoms with Crippen LogP contribution in [-0.2, 0) is 16.4 Å². The fourth-order valence-electron chi connectivity index (χ4n) is 1.83. The molecule has 0 atom stereocenters. The molecule has 124 valence electrons. The molecule has 0 aliphatic rings. The highest BCUT2D eigenvalue weighted by atomic mass is 32.2. The third kappa shape index (κ3) is 7.39. The summed E-state index contributed by atoms with van der Waals surface area (Å²) in [6.07, 6.45) is 1.52. The first kappa shape index (κ1) is 18.4. The second kappa shape index (κ2) is 8.72. The van der Waals surface area contributed by atoms with E-state index in [1.54, 1.807) is 12.1 Å². The van der Waals surface area contributed by atoms with Gasteiger partial charge < -0.3 is 15.5 Å². The van der Waals surface area contributed by atoms with Crippen LogP contribution in [0.3, 0.4) is 0 Å². The fraction of sp³-hybridized carbons (Fsp3) is 0.500. The number of carbonyl (C=O) groups is 1. The maximum absolute atomic E-state index is 11.5. The van der Waals surface area contributed by atoms with Crippen molar-refractivity contribution in [2.24, 2.45) is 5.14 Å². The van der Waals surface area contributed by atoms with Gasteiger partial charge in [0.15, 0.2) is 0 Å². The van der Waals surface area contributed by atoms with Crippen molar-refractivity contribution >= 4 is 16.1 Å². The molecule has 0 spiro atoms. The molecule has 4 N–H and O–H groups in total. The number of primary sulfonamides is 1. The molecule has 1 aromatic carbocycles. The second-order valence-corrected chi connectivity index (χ2v) is 6.84. The Morgan fingerprint density at radius 1 is 1.14 bits per heavy atom. The van der Waals surface area contributed by atoms with Crippen molar-refractivity contribution in [3.05, 3.63) is 29.8 Å². The van der Waals surface area contributed by atoms with E-state index >= 15 is 0 Å². The first-order chi connectivity index (χ1) is 10.3. The third-order valence-corrected chi connectivity index (χ3v) is 3.95. The van der Waals surface area contributed by atoms with Crippen LogP contribution in [0.15, 0.2) is 29.2 Å². The van der Waals surface area contributed by atoms with Gasteiger partial charge in [-0.15, -0.1) is 0 Å². The quantitative estimate of drug-likeness (QED) is 0.590. The molecule has 8 heteroatoms. The van der Waals surface area contributed by atoms with E-state index in [-0.39, 0.29) is 10.9 Å². The molecule has 22 heavy (non-hydrogen) atoms. The molecule has 0 heterocycles. The lowest BCUT2D eigenvalue weighted by Gasteiger charge is -2.10. The Kier molecular flexibility index (Phi) is 7.30. The van der Waals surface area contributed by atoms with Crippen molar-refractivity contribution in [3.63, 3.8) is 0 Å². The van der Waals surface area contributed by atoms with Crippen LogP contribution in [0.5, 0.6) is 0 Å². The summed E-state index contributed by atoms with van der Waals surface area (Å²) in [6.45, 7) is 2.04. The van der Waals surface area contributed by atoms with Crippen LogP contribution in [0.2, 0.25) is 0 Å². The average Bonchev–Trinajstić information content (AvgIpc) is 2.43. The molecular weight excluding hydrogens is 304 g/mol. The van der Waals surface area contributed by atoms with Crippen LogP contribution in [0.1, 0.15) is 12.0 Å². The molecule has 0 saturated heterocycles. The maximum Gasteiger partial charge on any atom is 0.314 e. The number of nitrogens with zero attached hydrogens (tertiary/aromatic N) is 1. The zero-order chi connectivity index (χ0) is 16.6. The lowest BCUT2D eigenvalue weighted by molar-refractivity contribution is 0.240. The van der Waals surface area contributed by atoms with E-state index in [9.17, 15) is 13.2 Å². The molecule has 0 aliphatic heterocycles. The van der Waals surface area contributed by atoms with Crippen molar-refractivity contribution in [1.82, 2.24) is 15.5 Å². The van der Waals surface area contributed by atoms with E-state index in [4.69, 9.17) is 5.14 Å². The summed E-state index contributed by atoms with van der Waals surface area (Å²) in [5.41, 5.74) is 0.931. The molecule has 0 radical (unpaired) electrons. The van der Waals surface area contributed by atoms with Gasteiger partial charge in [-0.2, -0.15) is 0 Å². The molecule has 0 saturated carbocycles. The number of nitrogens with two attached hydrogens (primary N) is 1. The van der Waals surface area contributed by atoms with E-state index in [0.29, 0.717) is 19.5 Å². The molecule has 2 amide bonds. The molecule has 1 rings (SSSR count). The first-order valence-corrected chi connectivity index (χ1v) is 8.62. The molecule has 0 aromatic heterocycles. The SMILES string of the molecule is CN(C)CCCNC(=O)NCCc1ccc(S(N)(=O)=O)cc1. The summed E-state index contributed by atoms with van der Waals surface area (Å²) in [5.74, 6) is 0. The number of carbonyl (C=O) groups excluding carboxylic acids is 1. The summed E-state index contributed by atoms with van der Waals surface area (Å²) in [5, 5.41) is 10.6. The molecule has 0 bridgehead atoms. The minimum Gasteiger partial charge on any atom is -0.338 e. The minimum absolute atomic E-state index is 0.0860. The predicted molar refractivity (Wildman–Crippen MR) is 86.1 cm³/mol. The highest BCUT2D eigenvalue weighted by Gasteiger charge is 2.06. The number of benzene rings is 1. The highest BCUT2D eigenvalue weighted by molar-refractivity contribution is 7.89. The minimum atomic E-state index is -3.66. The number of rotatable bonds is 8. The van der Waals surface area contributed by atoms with Crippen LogP contribution in [0.4, 0.5) is 4.79 Å². The van der Waals surface area contributed by atoms with Gasteiger partial charge in [0, 0.05) is 13.1 Å². The van der Waals surface area contributed by atoms with Gasteiger partial charge in [0.2, 0.25) is 10.0 Å². The predicted octanol–water partition coefficient (Wildman–Crippen LogP) is 0.127. The van der Waals surface area contributed by atoms with Gasteiger partial charge in [-0.1, -0.05) is 12.1 Å². The first-order valence-electron chi connectivity index (χ1n) is 7.07. The maximum atomic E-state index is 11.5. The second-order valence-electron chi connectivity index (χ2n) is 5.28. The Morgan fingerprint density at radius 2 is 1.73 bits per heavy atom. The lowest BCUT2D eigenvalue weighted by atomic mass is 10.1.